The zero-order chi connectivity index (χ0) is 13.1. The van der Waals surface area contributed by atoms with Crippen molar-refractivity contribution in [2.45, 2.75) is 38.1 Å². The van der Waals surface area contributed by atoms with Gasteiger partial charge < -0.3 is 14.9 Å². The van der Waals surface area contributed by atoms with E-state index in [2.05, 4.69) is 23.9 Å². The number of rotatable bonds is 4. The van der Waals surface area contributed by atoms with Crippen LogP contribution in [-0.2, 0) is 4.79 Å². The van der Waals surface area contributed by atoms with Gasteiger partial charge in [-0.1, -0.05) is 12.8 Å². The summed E-state index contributed by atoms with van der Waals surface area (Å²) in [6.07, 6.45) is 5.42. The number of likely N-dealkylation sites (tertiary alicyclic amines) is 1. The molecular formula is C14H26N2O2. The minimum atomic E-state index is -0.602. The lowest BCUT2D eigenvalue weighted by Crippen LogP contribution is -2.45. The van der Waals surface area contributed by atoms with Gasteiger partial charge in [0.2, 0.25) is 0 Å². The molecule has 0 amide bonds. The topological polar surface area (TPSA) is 43.8 Å². The summed E-state index contributed by atoms with van der Waals surface area (Å²) in [6.45, 7) is 3.40. The lowest BCUT2D eigenvalue weighted by Gasteiger charge is -2.37. The molecule has 0 aromatic rings. The van der Waals surface area contributed by atoms with Crippen molar-refractivity contribution in [2.24, 2.45) is 11.8 Å². The standard InChI is InChI=1S/C14H26N2O2/c1-15-8-7-11(9-15)10-16(2)13-6-4-3-5-12(13)14(17)18/h11-13H,3-10H2,1-2H3,(H,17,18). The van der Waals surface area contributed by atoms with Crippen LogP contribution in [0.3, 0.4) is 0 Å². The molecule has 1 aliphatic carbocycles. The van der Waals surface area contributed by atoms with Gasteiger partial charge in [-0.15, -0.1) is 0 Å². The van der Waals surface area contributed by atoms with Crippen LogP contribution in [0.15, 0.2) is 0 Å². The fraction of sp³-hybridized carbons (Fsp3) is 0.929. The van der Waals surface area contributed by atoms with E-state index >= 15 is 0 Å². The molecule has 1 N–H and O–H groups in total. The van der Waals surface area contributed by atoms with Crippen LogP contribution in [0.5, 0.6) is 0 Å². The SMILES string of the molecule is CN1CCC(CN(C)C2CCCCC2C(=O)O)C1. The largest absolute Gasteiger partial charge is 0.481 e. The maximum absolute atomic E-state index is 11.3. The van der Waals surface area contributed by atoms with Gasteiger partial charge in [-0.3, -0.25) is 4.79 Å². The van der Waals surface area contributed by atoms with Crippen molar-refractivity contribution in [3.05, 3.63) is 0 Å². The molecule has 2 fully saturated rings. The number of carboxylic acid groups (broad SMARTS) is 1. The highest BCUT2D eigenvalue weighted by Crippen LogP contribution is 2.29. The third-order valence-corrected chi connectivity index (χ3v) is 4.65. The first kappa shape index (κ1) is 13.8. The Labute approximate surface area is 110 Å². The third-order valence-electron chi connectivity index (χ3n) is 4.65. The van der Waals surface area contributed by atoms with E-state index < -0.39 is 5.97 Å². The van der Waals surface area contributed by atoms with E-state index in [-0.39, 0.29) is 12.0 Å². The van der Waals surface area contributed by atoms with Gasteiger partial charge in [0.1, 0.15) is 0 Å². The van der Waals surface area contributed by atoms with E-state index in [0.29, 0.717) is 0 Å². The molecule has 2 aliphatic rings. The summed E-state index contributed by atoms with van der Waals surface area (Å²) < 4.78 is 0. The lowest BCUT2D eigenvalue weighted by molar-refractivity contribution is -0.145. The van der Waals surface area contributed by atoms with Crippen LogP contribution in [-0.4, -0.2) is 60.6 Å². The van der Waals surface area contributed by atoms with E-state index in [1.165, 1.54) is 19.4 Å². The van der Waals surface area contributed by atoms with Crippen LogP contribution in [0.2, 0.25) is 0 Å². The first-order valence-electron chi connectivity index (χ1n) is 7.19. The van der Waals surface area contributed by atoms with Gasteiger partial charge in [0.25, 0.3) is 0 Å². The molecule has 2 rings (SSSR count). The Morgan fingerprint density at radius 2 is 2.06 bits per heavy atom. The van der Waals surface area contributed by atoms with Crippen molar-refractivity contribution >= 4 is 5.97 Å². The highest BCUT2D eigenvalue weighted by molar-refractivity contribution is 5.71. The van der Waals surface area contributed by atoms with Crippen molar-refractivity contribution in [1.29, 1.82) is 0 Å². The van der Waals surface area contributed by atoms with E-state index in [1.807, 2.05) is 0 Å². The molecule has 104 valence electrons. The maximum atomic E-state index is 11.3. The van der Waals surface area contributed by atoms with Crippen LogP contribution in [0.4, 0.5) is 0 Å². The van der Waals surface area contributed by atoms with E-state index in [0.717, 1.165) is 38.3 Å². The van der Waals surface area contributed by atoms with E-state index in [9.17, 15) is 9.90 Å². The van der Waals surface area contributed by atoms with Gasteiger partial charge in [0, 0.05) is 19.1 Å². The molecule has 0 bridgehead atoms. The van der Waals surface area contributed by atoms with Crippen molar-refractivity contribution in [3.8, 4) is 0 Å². The monoisotopic (exact) mass is 254 g/mol. The Morgan fingerprint density at radius 3 is 2.67 bits per heavy atom. The van der Waals surface area contributed by atoms with Crippen LogP contribution in [0, 0.1) is 11.8 Å². The van der Waals surface area contributed by atoms with Crippen molar-refractivity contribution in [3.63, 3.8) is 0 Å². The van der Waals surface area contributed by atoms with Gasteiger partial charge in [0.15, 0.2) is 0 Å². The average molecular weight is 254 g/mol. The second-order valence-corrected chi connectivity index (χ2v) is 6.15. The summed E-state index contributed by atoms with van der Waals surface area (Å²) in [5, 5.41) is 9.33. The van der Waals surface area contributed by atoms with Crippen LogP contribution in [0.1, 0.15) is 32.1 Å². The molecule has 3 unspecified atom stereocenters. The molecule has 4 heteroatoms. The molecule has 0 spiro atoms. The Bertz CT molecular complexity index is 296. The number of hydrogen-bond acceptors (Lipinski definition) is 3. The normalized spacial score (nSPS) is 34.1. The fourth-order valence-corrected chi connectivity index (χ4v) is 3.64. The number of carbonyl (C=O) groups is 1. The Kier molecular flexibility index (Phi) is 4.62. The quantitative estimate of drug-likeness (QED) is 0.826. The zero-order valence-corrected chi connectivity index (χ0v) is 11.6. The van der Waals surface area contributed by atoms with Gasteiger partial charge in [0.05, 0.1) is 5.92 Å². The molecule has 0 radical (unpaired) electrons. The average Bonchev–Trinajstić information content (AvgIpc) is 2.74. The van der Waals surface area contributed by atoms with Crippen LogP contribution in [0.25, 0.3) is 0 Å². The van der Waals surface area contributed by atoms with Gasteiger partial charge in [-0.2, -0.15) is 0 Å². The lowest BCUT2D eigenvalue weighted by atomic mass is 9.83. The summed E-state index contributed by atoms with van der Waals surface area (Å²) in [7, 11) is 4.28. The van der Waals surface area contributed by atoms with Gasteiger partial charge in [-0.25, -0.2) is 0 Å². The molecule has 0 aromatic heterocycles. The van der Waals surface area contributed by atoms with Crippen molar-refractivity contribution in [1.82, 2.24) is 9.80 Å². The summed E-state index contributed by atoms with van der Waals surface area (Å²) in [6, 6.07) is 0.252. The first-order valence-corrected chi connectivity index (χ1v) is 7.19. The molecule has 1 aliphatic heterocycles. The minimum absolute atomic E-state index is 0.150. The molecule has 4 nitrogen and oxygen atoms in total. The number of carboxylic acids is 1. The van der Waals surface area contributed by atoms with Crippen molar-refractivity contribution in [2.75, 3.05) is 33.7 Å². The maximum Gasteiger partial charge on any atom is 0.308 e. The van der Waals surface area contributed by atoms with Crippen LogP contribution >= 0.6 is 0 Å². The summed E-state index contributed by atoms with van der Waals surface area (Å²) in [5.74, 6) is -0.0330. The molecule has 3 atom stereocenters. The smallest absolute Gasteiger partial charge is 0.308 e. The first-order chi connectivity index (χ1) is 8.58. The van der Waals surface area contributed by atoms with E-state index in [4.69, 9.17) is 0 Å². The van der Waals surface area contributed by atoms with Crippen LogP contribution < -0.4 is 0 Å². The summed E-state index contributed by atoms with van der Waals surface area (Å²) in [5.41, 5.74) is 0. The highest BCUT2D eigenvalue weighted by atomic mass is 16.4. The third kappa shape index (κ3) is 3.23. The number of aliphatic carboxylic acids is 1. The Morgan fingerprint density at radius 1 is 1.33 bits per heavy atom. The van der Waals surface area contributed by atoms with Gasteiger partial charge in [-0.05, 0) is 45.8 Å². The second-order valence-electron chi connectivity index (χ2n) is 6.15. The second kappa shape index (κ2) is 6.02. The minimum Gasteiger partial charge on any atom is -0.481 e. The Balaban J connectivity index is 1.89. The molecule has 1 saturated heterocycles. The molecule has 0 aromatic carbocycles. The van der Waals surface area contributed by atoms with E-state index in [1.54, 1.807) is 0 Å². The van der Waals surface area contributed by atoms with Gasteiger partial charge >= 0.3 is 5.97 Å². The molecular weight excluding hydrogens is 228 g/mol. The molecule has 1 saturated carbocycles. The molecule has 1 heterocycles. The predicted octanol–water partition coefficient (Wildman–Crippen LogP) is 1.51. The fourth-order valence-electron chi connectivity index (χ4n) is 3.64. The number of nitrogens with zero attached hydrogens (tertiary/aromatic N) is 2. The zero-order valence-electron chi connectivity index (χ0n) is 11.6. The van der Waals surface area contributed by atoms with Crippen molar-refractivity contribution < 1.29 is 9.90 Å². The summed E-state index contributed by atoms with van der Waals surface area (Å²) >= 11 is 0. The number of hydrogen-bond donors (Lipinski definition) is 1. The predicted molar refractivity (Wildman–Crippen MR) is 71.6 cm³/mol. The Hall–Kier alpha value is -0.610. The summed E-state index contributed by atoms with van der Waals surface area (Å²) in [4.78, 5) is 16.0. The molecule has 18 heavy (non-hydrogen) atoms. The highest BCUT2D eigenvalue weighted by Gasteiger charge is 2.34.